The lowest BCUT2D eigenvalue weighted by Gasteiger charge is -2.08. The van der Waals surface area contributed by atoms with Gasteiger partial charge in [-0.25, -0.2) is 0 Å². The van der Waals surface area contributed by atoms with Gasteiger partial charge in [-0.1, -0.05) is 12.1 Å². The van der Waals surface area contributed by atoms with Crippen LogP contribution in [0.4, 0.5) is 5.69 Å². The molecule has 0 spiro atoms. The second-order valence-corrected chi connectivity index (χ2v) is 4.33. The fourth-order valence-electron chi connectivity index (χ4n) is 1.86. The summed E-state index contributed by atoms with van der Waals surface area (Å²) in [5.41, 5.74) is 1.03. The fourth-order valence-corrected chi connectivity index (χ4v) is 1.86. The van der Waals surface area contributed by atoms with Gasteiger partial charge in [0.2, 0.25) is 0 Å². The molecule has 0 bridgehead atoms. The van der Waals surface area contributed by atoms with E-state index in [4.69, 9.17) is 10.00 Å². The molecule has 0 atom stereocenters. The molecule has 0 saturated carbocycles. The first kappa shape index (κ1) is 14.5. The highest BCUT2D eigenvalue weighted by molar-refractivity contribution is 5.51. The smallest absolute Gasteiger partial charge is 0.271 e. The van der Waals surface area contributed by atoms with Crippen molar-refractivity contribution in [1.82, 2.24) is 5.32 Å². The van der Waals surface area contributed by atoms with E-state index in [9.17, 15) is 10.1 Å². The van der Waals surface area contributed by atoms with E-state index in [0.29, 0.717) is 18.0 Å². The lowest BCUT2D eigenvalue weighted by atomic mass is 10.2. The number of hydrogen-bond acceptors (Lipinski definition) is 5. The summed E-state index contributed by atoms with van der Waals surface area (Å²) in [5, 5.41) is 22.8. The second kappa shape index (κ2) is 6.50. The summed E-state index contributed by atoms with van der Waals surface area (Å²) in [4.78, 5) is 10.2. The van der Waals surface area contributed by atoms with Crippen LogP contribution in [0.15, 0.2) is 42.5 Å². The molecule has 0 aliphatic rings. The zero-order valence-electron chi connectivity index (χ0n) is 11.4. The molecule has 2 aromatic carbocycles. The van der Waals surface area contributed by atoms with Gasteiger partial charge in [0.25, 0.3) is 5.69 Å². The first-order valence-electron chi connectivity index (χ1n) is 6.24. The van der Waals surface area contributed by atoms with Crippen molar-refractivity contribution in [2.45, 2.75) is 6.54 Å². The van der Waals surface area contributed by atoms with Crippen LogP contribution < -0.4 is 10.1 Å². The minimum atomic E-state index is -0.543. The third-order valence-corrected chi connectivity index (χ3v) is 2.80. The summed E-state index contributed by atoms with van der Waals surface area (Å²) in [6.45, 7) is 0.697. The molecule has 0 amide bonds. The summed E-state index contributed by atoms with van der Waals surface area (Å²) in [6, 6.07) is 13.3. The first-order valence-corrected chi connectivity index (χ1v) is 6.24. The number of non-ortho nitro benzene ring substituents is 1. The largest absolute Gasteiger partial charge is 0.456 e. The average Bonchev–Trinajstić information content (AvgIpc) is 2.48. The highest BCUT2D eigenvalue weighted by Gasteiger charge is 2.12. The second-order valence-electron chi connectivity index (χ2n) is 4.33. The maximum atomic E-state index is 10.7. The molecular formula is C15H13N3O3. The van der Waals surface area contributed by atoms with Gasteiger partial charge in [0.15, 0.2) is 0 Å². The van der Waals surface area contributed by atoms with E-state index >= 15 is 0 Å². The van der Waals surface area contributed by atoms with Crippen LogP contribution >= 0.6 is 0 Å². The van der Waals surface area contributed by atoms with Crippen molar-refractivity contribution in [3.63, 3.8) is 0 Å². The molecule has 0 aliphatic heterocycles. The lowest BCUT2D eigenvalue weighted by Crippen LogP contribution is -2.04. The van der Waals surface area contributed by atoms with Gasteiger partial charge < -0.3 is 10.1 Å². The van der Waals surface area contributed by atoms with Gasteiger partial charge in [-0.2, -0.15) is 5.26 Å². The summed E-state index contributed by atoms with van der Waals surface area (Å²) < 4.78 is 5.65. The zero-order chi connectivity index (χ0) is 15.2. The molecule has 6 nitrogen and oxygen atoms in total. The Morgan fingerprint density at radius 1 is 1.33 bits per heavy atom. The van der Waals surface area contributed by atoms with Crippen molar-refractivity contribution >= 4 is 5.69 Å². The third kappa shape index (κ3) is 3.55. The number of ether oxygens (including phenoxy) is 1. The van der Waals surface area contributed by atoms with Crippen LogP contribution in [0.2, 0.25) is 0 Å². The number of hydrogen-bond donors (Lipinski definition) is 1. The quantitative estimate of drug-likeness (QED) is 0.673. The molecule has 0 fully saturated rings. The lowest BCUT2D eigenvalue weighted by molar-refractivity contribution is -0.384. The summed E-state index contributed by atoms with van der Waals surface area (Å²) in [5.74, 6) is 0.873. The van der Waals surface area contributed by atoms with Crippen molar-refractivity contribution in [2.75, 3.05) is 7.05 Å². The molecular weight excluding hydrogens is 270 g/mol. The number of nitro benzene ring substituents is 1. The van der Waals surface area contributed by atoms with Crippen molar-refractivity contribution < 1.29 is 9.66 Å². The van der Waals surface area contributed by atoms with E-state index in [1.807, 2.05) is 31.3 Å². The number of nitriles is 1. The van der Waals surface area contributed by atoms with Crippen molar-refractivity contribution in [3.8, 4) is 17.6 Å². The van der Waals surface area contributed by atoms with Crippen molar-refractivity contribution in [1.29, 1.82) is 5.26 Å². The summed E-state index contributed by atoms with van der Waals surface area (Å²) >= 11 is 0. The number of nitro groups is 1. The Hall–Kier alpha value is -2.91. The van der Waals surface area contributed by atoms with E-state index in [0.717, 1.165) is 5.56 Å². The van der Waals surface area contributed by atoms with E-state index in [1.54, 1.807) is 6.07 Å². The molecule has 0 heterocycles. The maximum Gasteiger partial charge on any atom is 0.271 e. The first-order chi connectivity index (χ1) is 10.1. The van der Waals surface area contributed by atoms with Gasteiger partial charge >= 0.3 is 0 Å². The number of benzene rings is 2. The molecule has 0 aromatic heterocycles. The molecule has 2 rings (SSSR count). The molecule has 6 heteroatoms. The van der Waals surface area contributed by atoms with Crippen molar-refractivity contribution in [3.05, 3.63) is 63.7 Å². The molecule has 0 saturated heterocycles. The third-order valence-electron chi connectivity index (χ3n) is 2.80. The Morgan fingerprint density at radius 3 is 2.81 bits per heavy atom. The topological polar surface area (TPSA) is 88.2 Å². The molecule has 106 valence electrons. The SMILES string of the molecule is CNCc1cccc(Oc2ccc([N+](=O)[O-])cc2C#N)c1. The predicted octanol–water partition coefficient (Wildman–Crippen LogP) is 2.98. The minimum Gasteiger partial charge on any atom is -0.456 e. The van der Waals surface area contributed by atoms with Crippen LogP contribution in [0.5, 0.6) is 11.5 Å². The summed E-state index contributed by atoms with van der Waals surface area (Å²) in [6.07, 6.45) is 0. The van der Waals surface area contributed by atoms with E-state index in [-0.39, 0.29) is 11.3 Å². The van der Waals surface area contributed by atoms with Gasteiger partial charge in [-0.15, -0.1) is 0 Å². The fraction of sp³-hybridized carbons (Fsp3) is 0.133. The van der Waals surface area contributed by atoms with Crippen LogP contribution in [0, 0.1) is 21.4 Å². The van der Waals surface area contributed by atoms with Crippen LogP contribution in [0.3, 0.4) is 0 Å². The van der Waals surface area contributed by atoms with Gasteiger partial charge in [0.05, 0.1) is 4.92 Å². The average molecular weight is 283 g/mol. The Kier molecular flexibility index (Phi) is 4.49. The molecule has 2 aromatic rings. The van der Waals surface area contributed by atoms with Gasteiger partial charge in [-0.05, 0) is 30.8 Å². The standard InChI is InChI=1S/C15H13N3O3/c1-17-10-11-3-2-4-14(7-11)21-15-6-5-13(18(19)20)8-12(15)9-16/h2-8,17H,10H2,1H3. The van der Waals surface area contributed by atoms with E-state index in [2.05, 4.69) is 5.32 Å². The van der Waals surface area contributed by atoms with Crippen molar-refractivity contribution in [2.24, 2.45) is 0 Å². The molecule has 21 heavy (non-hydrogen) atoms. The minimum absolute atomic E-state index is 0.128. The number of rotatable bonds is 5. The van der Waals surface area contributed by atoms with Gasteiger partial charge in [-0.3, -0.25) is 10.1 Å². The Balaban J connectivity index is 2.29. The van der Waals surface area contributed by atoms with E-state index < -0.39 is 4.92 Å². The predicted molar refractivity (Wildman–Crippen MR) is 77.1 cm³/mol. The summed E-state index contributed by atoms with van der Waals surface area (Å²) in [7, 11) is 1.84. The molecule has 0 radical (unpaired) electrons. The molecule has 0 unspecified atom stereocenters. The number of nitrogens with one attached hydrogen (secondary N) is 1. The van der Waals surface area contributed by atoms with Crippen LogP contribution in [-0.2, 0) is 6.54 Å². The van der Waals surface area contributed by atoms with Crippen LogP contribution in [0.1, 0.15) is 11.1 Å². The number of nitrogens with zero attached hydrogens (tertiary/aromatic N) is 2. The highest BCUT2D eigenvalue weighted by atomic mass is 16.6. The van der Waals surface area contributed by atoms with Crippen LogP contribution in [-0.4, -0.2) is 12.0 Å². The van der Waals surface area contributed by atoms with Gasteiger partial charge in [0, 0.05) is 18.7 Å². The Morgan fingerprint density at radius 2 is 2.14 bits per heavy atom. The van der Waals surface area contributed by atoms with Crippen LogP contribution in [0.25, 0.3) is 0 Å². The molecule has 0 aliphatic carbocycles. The Labute approximate surface area is 121 Å². The van der Waals surface area contributed by atoms with Gasteiger partial charge in [0.1, 0.15) is 23.1 Å². The van der Waals surface area contributed by atoms with E-state index in [1.165, 1.54) is 18.2 Å². The molecule has 1 N–H and O–H groups in total. The normalized spacial score (nSPS) is 9.90. The highest BCUT2D eigenvalue weighted by Crippen LogP contribution is 2.28. The zero-order valence-corrected chi connectivity index (χ0v) is 11.4. The maximum absolute atomic E-state index is 10.7. The Bertz CT molecular complexity index is 708. The monoisotopic (exact) mass is 283 g/mol.